The molecule has 4 rings (SSSR count). The highest BCUT2D eigenvalue weighted by Gasteiger charge is 2.23. The maximum absolute atomic E-state index is 12.9. The van der Waals surface area contributed by atoms with Crippen LogP contribution < -0.4 is 10.1 Å². The van der Waals surface area contributed by atoms with Gasteiger partial charge in [-0.1, -0.05) is 36.4 Å². The van der Waals surface area contributed by atoms with Gasteiger partial charge in [0, 0.05) is 43.7 Å². The van der Waals surface area contributed by atoms with Gasteiger partial charge in [-0.15, -0.1) is 11.3 Å². The molecular weight excluding hydrogens is 424 g/mol. The SMILES string of the molecule is O=C(CN1CCN(C(=O)c2cccc(OCc3cscn3)c2)CC1)NCc1ccccc1. The number of hydrogen-bond donors (Lipinski definition) is 1. The van der Waals surface area contributed by atoms with Crippen molar-refractivity contribution in [2.24, 2.45) is 0 Å². The lowest BCUT2D eigenvalue weighted by Gasteiger charge is -2.34. The lowest BCUT2D eigenvalue weighted by molar-refractivity contribution is -0.122. The molecule has 8 heteroatoms. The van der Waals surface area contributed by atoms with E-state index in [1.54, 1.807) is 17.6 Å². The average Bonchev–Trinajstić information content (AvgIpc) is 3.36. The molecule has 1 aliphatic rings. The van der Waals surface area contributed by atoms with Crippen molar-refractivity contribution in [1.29, 1.82) is 0 Å². The highest BCUT2D eigenvalue weighted by molar-refractivity contribution is 7.07. The number of carbonyl (C=O) groups is 2. The van der Waals surface area contributed by atoms with Crippen LogP contribution in [0.15, 0.2) is 65.5 Å². The van der Waals surface area contributed by atoms with E-state index in [0.717, 1.165) is 11.3 Å². The fourth-order valence-electron chi connectivity index (χ4n) is 3.53. The number of nitrogens with zero attached hydrogens (tertiary/aromatic N) is 3. The topological polar surface area (TPSA) is 74.8 Å². The number of aromatic nitrogens is 1. The summed E-state index contributed by atoms with van der Waals surface area (Å²) in [5, 5.41) is 4.90. The van der Waals surface area contributed by atoms with Crippen LogP contribution in [0.4, 0.5) is 0 Å². The Kier molecular flexibility index (Phi) is 7.47. The van der Waals surface area contributed by atoms with Crippen LogP contribution in [-0.2, 0) is 17.9 Å². The number of amides is 2. The summed E-state index contributed by atoms with van der Waals surface area (Å²) in [6.07, 6.45) is 0. The molecule has 2 amide bonds. The Hall–Kier alpha value is -3.23. The first-order valence-electron chi connectivity index (χ1n) is 10.6. The fraction of sp³-hybridized carbons (Fsp3) is 0.292. The number of carbonyl (C=O) groups excluding carboxylic acids is 2. The second-order valence-electron chi connectivity index (χ2n) is 7.63. The normalized spacial score (nSPS) is 14.2. The van der Waals surface area contributed by atoms with Crippen molar-refractivity contribution in [2.45, 2.75) is 13.2 Å². The second kappa shape index (κ2) is 10.9. The molecule has 2 heterocycles. The van der Waals surface area contributed by atoms with E-state index in [4.69, 9.17) is 4.74 Å². The predicted molar refractivity (Wildman–Crippen MR) is 124 cm³/mol. The lowest BCUT2D eigenvalue weighted by Crippen LogP contribution is -2.51. The molecule has 0 spiro atoms. The van der Waals surface area contributed by atoms with E-state index >= 15 is 0 Å². The first-order valence-corrected chi connectivity index (χ1v) is 11.5. The van der Waals surface area contributed by atoms with E-state index in [9.17, 15) is 9.59 Å². The number of nitrogens with one attached hydrogen (secondary N) is 1. The van der Waals surface area contributed by atoms with Crippen LogP contribution in [-0.4, -0.2) is 59.3 Å². The molecule has 1 aliphatic heterocycles. The molecule has 0 aliphatic carbocycles. The van der Waals surface area contributed by atoms with Crippen molar-refractivity contribution in [1.82, 2.24) is 20.1 Å². The summed E-state index contributed by atoms with van der Waals surface area (Å²) in [6, 6.07) is 17.1. The Bertz CT molecular complexity index is 1020. The zero-order valence-corrected chi connectivity index (χ0v) is 18.6. The van der Waals surface area contributed by atoms with Crippen LogP contribution in [0, 0.1) is 0 Å². The van der Waals surface area contributed by atoms with Crippen molar-refractivity contribution in [3.8, 4) is 5.75 Å². The number of piperazine rings is 1. The summed E-state index contributed by atoms with van der Waals surface area (Å²) >= 11 is 1.53. The van der Waals surface area contributed by atoms with Crippen molar-refractivity contribution in [2.75, 3.05) is 32.7 Å². The van der Waals surface area contributed by atoms with E-state index in [1.165, 1.54) is 11.3 Å². The van der Waals surface area contributed by atoms with Crippen molar-refractivity contribution in [3.63, 3.8) is 0 Å². The molecule has 0 saturated carbocycles. The summed E-state index contributed by atoms with van der Waals surface area (Å²) in [5.41, 5.74) is 4.32. The molecule has 1 saturated heterocycles. The molecule has 166 valence electrons. The smallest absolute Gasteiger partial charge is 0.254 e. The summed E-state index contributed by atoms with van der Waals surface area (Å²) in [7, 11) is 0. The molecule has 1 N–H and O–H groups in total. The number of hydrogen-bond acceptors (Lipinski definition) is 6. The molecule has 0 atom stereocenters. The van der Waals surface area contributed by atoms with E-state index in [-0.39, 0.29) is 11.8 Å². The lowest BCUT2D eigenvalue weighted by atomic mass is 10.1. The van der Waals surface area contributed by atoms with Gasteiger partial charge in [0.05, 0.1) is 17.7 Å². The van der Waals surface area contributed by atoms with Gasteiger partial charge in [0.1, 0.15) is 12.4 Å². The molecule has 2 aromatic carbocycles. The second-order valence-corrected chi connectivity index (χ2v) is 8.35. The van der Waals surface area contributed by atoms with E-state index in [1.807, 2.05) is 52.7 Å². The Morgan fingerprint density at radius 2 is 1.84 bits per heavy atom. The Morgan fingerprint density at radius 3 is 2.59 bits per heavy atom. The molecule has 1 fully saturated rings. The van der Waals surface area contributed by atoms with Crippen LogP contribution >= 0.6 is 11.3 Å². The van der Waals surface area contributed by atoms with Gasteiger partial charge in [-0.25, -0.2) is 4.98 Å². The standard InChI is InChI=1S/C24H26N4O3S/c29-23(25-14-19-5-2-1-3-6-19)15-27-9-11-28(12-10-27)24(30)20-7-4-8-22(13-20)31-16-21-17-32-18-26-21/h1-8,13,17-18H,9-12,14-16H2,(H,25,29). The van der Waals surface area contributed by atoms with Crippen LogP contribution in [0.5, 0.6) is 5.75 Å². The molecule has 1 aromatic heterocycles. The number of ether oxygens (including phenoxy) is 1. The maximum atomic E-state index is 12.9. The third kappa shape index (κ3) is 6.15. The first-order chi connectivity index (χ1) is 15.7. The summed E-state index contributed by atoms with van der Waals surface area (Å²) in [4.78, 5) is 33.3. The van der Waals surface area contributed by atoms with Crippen LogP contribution in [0.1, 0.15) is 21.6 Å². The molecule has 0 unspecified atom stereocenters. The van der Waals surface area contributed by atoms with Gasteiger partial charge in [-0.3, -0.25) is 14.5 Å². The summed E-state index contributed by atoms with van der Waals surface area (Å²) < 4.78 is 5.77. The zero-order chi connectivity index (χ0) is 22.2. The number of benzene rings is 2. The van der Waals surface area contributed by atoms with Crippen LogP contribution in [0.2, 0.25) is 0 Å². The van der Waals surface area contributed by atoms with Crippen LogP contribution in [0.25, 0.3) is 0 Å². The first kappa shape index (κ1) is 22.0. The molecule has 32 heavy (non-hydrogen) atoms. The third-order valence-electron chi connectivity index (χ3n) is 5.31. The van der Waals surface area contributed by atoms with E-state index < -0.39 is 0 Å². The quantitative estimate of drug-likeness (QED) is 0.571. The Labute approximate surface area is 191 Å². The maximum Gasteiger partial charge on any atom is 0.254 e. The van der Waals surface area contributed by atoms with Crippen molar-refractivity contribution >= 4 is 23.2 Å². The summed E-state index contributed by atoms with van der Waals surface area (Å²) in [5.74, 6) is 0.633. The Morgan fingerprint density at radius 1 is 1.03 bits per heavy atom. The largest absolute Gasteiger partial charge is 0.487 e. The van der Waals surface area contributed by atoms with Crippen molar-refractivity contribution in [3.05, 3.63) is 82.3 Å². The van der Waals surface area contributed by atoms with Crippen molar-refractivity contribution < 1.29 is 14.3 Å². The van der Waals surface area contributed by atoms with Gasteiger partial charge in [0.25, 0.3) is 5.91 Å². The predicted octanol–water partition coefficient (Wildman–Crippen LogP) is 2.80. The zero-order valence-electron chi connectivity index (χ0n) is 17.8. The van der Waals surface area contributed by atoms with E-state index in [2.05, 4.69) is 15.2 Å². The van der Waals surface area contributed by atoms with E-state index in [0.29, 0.717) is 57.2 Å². The Balaban J connectivity index is 1.22. The van der Waals surface area contributed by atoms with Gasteiger partial charge < -0.3 is 15.0 Å². The number of rotatable bonds is 8. The van der Waals surface area contributed by atoms with Gasteiger partial charge >= 0.3 is 0 Å². The molecule has 7 nitrogen and oxygen atoms in total. The monoisotopic (exact) mass is 450 g/mol. The minimum Gasteiger partial charge on any atom is -0.487 e. The minimum absolute atomic E-state index is 0.00130. The highest BCUT2D eigenvalue weighted by Crippen LogP contribution is 2.17. The molecular formula is C24H26N4O3S. The van der Waals surface area contributed by atoms with Crippen LogP contribution in [0.3, 0.4) is 0 Å². The molecule has 0 bridgehead atoms. The fourth-order valence-corrected chi connectivity index (χ4v) is 4.08. The summed E-state index contributed by atoms with van der Waals surface area (Å²) in [6.45, 7) is 3.78. The third-order valence-corrected chi connectivity index (χ3v) is 5.95. The van der Waals surface area contributed by atoms with Gasteiger partial charge in [0.15, 0.2) is 0 Å². The van der Waals surface area contributed by atoms with Gasteiger partial charge in [0.2, 0.25) is 5.91 Å². The minimum atomic E-state index is -0.0164. The molecule has 3 aromatic rings. The van der Waals surface area contributed by atoms with Gasteiger partial charge in [-0.2, -0.15) is 0 Å². The van der Waals surface area contributed by atoms with Gasteiger partial charge in [-0.05, 0) is 23.8 Å². The average molecular weight is 451 g/mol. The molecule has 0 radical (unpaired) electrons. The highest BCUT2D eigenvalue weighted by atomic mass is 32.1. The number of thiazole rings is 1.